The molecule has 0 aromatic carbocycles. The molecule has 0 saturated heterocycles. The van der Waals surface area contributed by atoms with Gasteiger partial charge < -0.3 is 11.1 Å². The van der Waals surface area contributed by atoms with E-state index in [2.05, 4.69) is 5.32 Å². The Morgan fingerprint density at radius 1 is 1.30 bits per heavy atom. The van der Waals surface area contributed by atoms with Crippen LogP contribution < -0.4 is 11.1 Å². The highest BCUT2D eigenvalue weighted by Gasteiger charge is 2.35. The second kappa shape index (κ2) is 4.70. The van der Waals surface area contributed by atoms with Crippen molar-refractivity contribution in [3.05, 3.63) is 16.0 Å². The summed E-state index contributed by atoms with van der Waals surface area (Å²) in [6, 6.07) is 0. The molecule has 2 amide bonds. The summed E-state index contributed by atoms with van der Waals surface area (Å²) in [5.41, 5.74) is 6.49. The van der Waals surface area contributed by atoms with E-state index >= 15 is 0 Å². The van der Waals surface area contributed by atoms with Crippen LogP contribution in [0.1, 0.15) is 51.8 Å². The summed E-state index contributed by atoms with van der Waals surface area (Å²) in [6.45, 7) is 1.89. The molecular formula is C14H16N2O3S. The Morgan fingerprint density at radius 3 is 2.60 bits per heavy atom. The molecule has 5 nitrogen and oxygen atoms in total. The lowest BCUT2D eigenvalue weighted by atomic mass is 9.87. The van der Waals surface area contributed by atoms with Crippen LogP contribution in [0.5, 0.6) is 0 Å². The van der Waals surface area contributed by atoms with Gasteiger partial charge in [-0.25, -0.2) is 0 Å². The van der Waals surface area contributed by atoms with Gasteiger partial charge in [-0.15, -0.1) is 11.3 Å². The fraction of sp³-hybridized carbons (Fsp3) is 0.500. The van der Waals surface area contributed by atoms with Crippen molar-refractivity contribution < 1.29 is 14.4 Å². The van der Waals surface area contributed by atoms with Crippen molar-refractivity contribution in [2.75, 3.05) is 5.32 Å². The van der Waals surface area contributed by atoms with E-state index in [1.807, 2.05) is 6.92 Å². The van der Waals surface area contributed by atoms with E-state index in [1.165, 1.54) is 11.3 Å². The minimum atomic E-state index is -0.573. The number of hydrogen-bond acceptors (Lipinski definition) is 4. The molecule has 1 atom stereocenters. The van der Waals surface area contributed by atoms with Crippen LogP contribution in [0, 0.1) is 11.8 Å². The average Bonchev–Trinajstić information content (AvgIpc) is 3.16. The van der Waals surface area contributed by atoms with E-state index in [4.69, 9.17) is 5.73 Å². The summed E-state index contributed by atoms with van der Waals surface area (Å²) in [7, 11) is 0. The maximum absolute atomic E-state index is 12.2. The molecule has 0 aliphatic heterocycles. The fourth-order valence-electron chi connectivity index (χ4n) is 2.53. The summed E-state index contributed by atoms with van der Waals surface area (Å²) < 4.78 is 0. The number of carbonyl (C=O) groups is 3. The van der Waals surface area contributed by atoms with Crippen LogP contribution in [-0.2, 0) is 11.2 Å². The summed E-state index contributed by atoms with van der Waals surface area (Å²) >= 11 is 1.19. The predicted octanol–water partition coefficient (Wildman–Crippen LogP) is 1.96. The Labute approximate surface area is 120 Å². The highest BCUT2D eigenvalue weighted by atomic mass is 32.1. The number of primary amides is 1. The Bertz CT molecular complexity index is 616. The van der Waals surface area contributed by atoms with E-state index in [1.54, 1.807) is 0 Å². The molecule has 20 heavy (non-hydrogen) atoms. The number of thiophene rings is 1. The highest BCUT2D eigenvalue weighted by Crippen LogP contribution is 2.40. The maximum atomic E-state index is 12.2. The number of amides is 2. The number of hydrogen-bond donors (Lipinski definition) is 2. The van der Waals surface area contributed by atoms with Gasteiger partial charge in [0.25, 0.3) is 5.91 Å². The fourth-order valence-corrected chi connectivity index (χ4v) is 3.84. The highest BCUT2D eigenvalue weighted by molar-refractivity contribution is 7.18. The van der Waals surface area contributed by atoms with Crippen LogP contribution in [0.3, 0.4) is 0 Å². The Kier molecular flexibility index (Phi) is 3.12. The molecule has 1 fully saturated rings. The smallest absolute Gasteiger partial charge is 0.252 e. The van der Waals surface area contributed by atoms with Gasteiger partial charge in [0, 0.05) is 11.8 Å². The minimum Gasteiger partial charge on any atom is -0.365 e. The maximum Gasteiger partial charge on any atom is 0.252 e. The number of ketones is 1. The molecule has 1 aromatic rings. The van der Waals surface area contributed by atoms with Gasteiger partial charge in [-0.3, -0.25) is 14.4 Å². The number of fused-ring (bicyclic) bond motifs is 1. The first-order valence-electron chi connectivity index (χ1n) is 6.79. The van der Waals surface area contributed by atoms with Gasteiger partial charge in [-0.1, -0.05) is 6.92 Å². The van der Waals surface area contributed by atoms with E-state index in [0.717, 1.165) is 24.8 Å². The number of rotatable bonds is 3. The van der Waals surface area contributed by atoms with Crippen LogP contribution in [0.4, 0.5) is 5.00 Å². The molecule has 1 aromatic heterocycles. The van der Waals surface area contributed by atoms with E-state index in [0.29, 0.717) is 21.9 Å². The zero-order valence-electron chi connectivity index (χ0n) is 11.2. The summed E-state index contributed by atoms with van der Waals surface area (Å²) in [5, 5.41) is 3.22. The first-order valence-corrected chi connectivity index (χ1v) is 7.61. The monoisotopic (exact) mass is 292 g/mol. The van der Waals surface area contributed by atoms with Gasteiger partial charge in [-0.2, -0.15) is 0 Å². The summed E-state index contributed by atoms with van der Waals surface area (Å²) in [5.74, 6) is -0.591. The largest absolute Gasteiger partial charge is 0.365 e. The Morgan fingerprint density at radius 2 is 2.00 bits per heavy atom. The lowest BCUT2D eigenvalue weighted by Gasteiger charge is -2.16. The third-order valence-electron chi connectivity index (χ3n) is 3.94. The quantitative estimate of drug-likeness (QED) is 0.892. The Hall–Kier alpha value is -1.69. The van der Waals surface area contributed by atoms with Crippen molar-refractivity contribution in [3.8, 4) is 0 Å². The predicted molar refractivity (Wildman–Crippen MR) is 76.0 cm³/mol. The standard InChI is InChI=1S/C14H16N2O3S/c1-6-2-5-8-9(12(15)18)14(20-11(8)10(6)17)16-13(19)7-3-4-7/h6-7H,2-5H2,1H3,(H2,15,18)(H,16,19). The first-order chi connectivity index (χ1) is 9.49. The van der Waals surface area contributed by atoms with Crippen molar-refractivity contribution in [1.82, 2.24) is 0 Å². The van der Waals surface area contributed by atoms with Crippen molar-refractivity contribution >= 4 is 33.9 Å². The molecule has 106 valence electrons. The minimum absolute atomic E-state index is 0.0335. The molecule has 3 rings (SSSR count). The van der Waals surface area contributed by atoms with Crippen molar-refractivity contribution in [1.29, 1.82) is 0 Å². The molecule has 0 bridgehead atoms. The van der Waals surface area contributed by atoms with E-state index in [-0.39, 0.29) is 23.5 Å². The molecule has 1 heterocycles. The number of carbonyl (C=O) groups excluding carboxylic acids is 3. The normalized spacial score (nSPS) is 21.4. The number of Topliss-reactive ketones (excluding diaryl/α,β-unsaturated/α-hetero) is 1. The SMILES string of the molecule is CC1CCc2c(sc(NC(=O)C3CC3)c2C(N)=O)C1=O. The molecule has 0 spiro atoms. The van der Waals surface area contributed by atoms with E-state index < -0.39 is 5.91 Å². The average molecular weight is 292 g/mol. The molecule has 0 radical (unpaired) electrons. The molecule has 1 unspecified atom stereocenters. The second-order valence-electron chi connectivity index (χ2n) is 5.55. The first kappa shape index (κ1) is 13.3. The van der Waals surface area contributed by atoms with Crippen LogP contribution in [0.25, 0.3) is 0 Å². The lowest BCUT2D eigenvalue weighted by Crippen LogP contribution is -2.22. The third-order valence-corrected chi connectivity index (χ3v) is 5.10. The van der Waals surface area contributed by atoms with E-state index in [9.17, 15) is 14.4 Å². The van der Waals surface area contributed by atoms with Gasteiger partial charge in [0.05, 0.1) is 10.4 Å². The third kappa shape index (κ3) is 2.14. The molecular weight excluding hydrogens is 276 g/mol. The van der Waals surface area contributed by atoms with Crippen LogP contribution >= 0.6 is 11.3 Å². The molecule has 6 heteroatoms. The van der Waals surface area contributed by atoms with Gasteiger partial charge in [0.15, 0.2) is 5.78 Å². The van der Waals surface area contributed by atoms with Gasteiger partial charge in [0.1, 0.15) is 5.00 Å². The summed E-state index contributed by atoms with van der Waals surface area (Å²) in [4.78, 5) is 36.3. The summed E-state index contributed by atoms with van der Waals surface area (Å²) in [6.07, 6.45) is 3.16. The number of anilines is 1. The molecule has 2 aliphatic rings. The molecule has 3 N–H and O–H groups in total. The van der Waals surface area contributed by atoms with Crippen LogP contribution in [0.15, 0.2) is 0 Å². The van der Waals surface area contributed by atoms with Gasteiger partial charge in [-0.05, 0) is 31.2 Å². The van der Waals surface area contributed by atoms with Crippen LogP contribution in [-0.4, -0.2) is 17.6 Å². The topological polar surface area (TPSA) is 89.3 Å². The molecule has 2 aliphatic carbocycles. The van der Waals surface area contributed by atoms with Gasteiger partial charge in [0.2, 0.25) is 5.91 Å². The zero-order valence-corrected chi connectivity index (χ0v) is 12.0. The van der Waals surface area contributed by atoms with Crippen molar-refractivity contribution in [2.45, 2.75) is 32.6 Å². The van der Waals surface area contributed by atoms with Crippen LogP contribution in [0.2, 0.25) is 0 Å². The van der Waals surface area contributed by atoms with Gasteiger partial charge >= 0.3 is 0 Å². The van der Waals surface area contributed by atoms with Crippen molar-refractivity contribution in [2.24, 2.45) is 17.6 Å². The zero-order chi connectivity index (χ0) is 14.4. The number of nitrogens with one attached hydrogen (secondary N) is 1. The lowest BCUT2D eigenvalue weighted by molar-refractivity contribution is -0.117. The number of nitrogens with two attached hydrogens (primary N) is 1. The Balaban J connectivity index is 2.01. The van der Waals surface area contributed by atoms with Crippen molar-refractivity contribution in [3.63, 3.8) is 0 Å². The molecule has 1 saturated carbocycles. The second-order valence-corrected chi connectivity index (χ2v) is 6.57.